The maximum Gasteiger partial charge on any atom is 0.408 e. The standard InChI is InChI=1S/C14H22N2O6/c1-8-10(9(2)22-16-8)6-20-7-11(12(17)18)15-13(19)21-14(3,4)5/h11H,6-7H2,1-5H3,(H,15,19)(H,17,18)/t11-/m1/s1. The normalized spacial score (nSPS) is 12.8. The second-order valence-corrected chi connectivity index (χ2v) is 5.85. The monoisotopic (exact) mass is 314 g/mol. The van der Waals surface area contributed by atoms with E-state index in [4.69, 9.17) is 19.1 Å². The Morgan fingerprint density at radius 1 is 1.36 bits per heavy atom. The van der Waals surface area contributed by atoms with Crippen molar-refractivity contribution in [3.05, 3.63) is 17.0 Å². The number of ether oxygens (including phenoxy) is 2. The molecular formula is C14H22N2O6. The number of carbonyl (C=O) groups excluding carboxylic acids is 1. The van der Waals surface area contributed by atoms with E-state index in [1.807, 2.05) is 0 Å². The van der Waals surface area contributed by atoms with E-state index in [1.54, 1.807) is 34.6 Å². The number of hydrogen-bond acceptors (Lipinski definition) is 6. The van der Waals surface area contributed by atoms with Crippen LogP contribution in [0.1, 0.15) is 37.8 Å². The molecule has 0 aliphatic rings. The third-order valence-electron chi connectivity index (χ3n) is 2.70. The third-order valence-corrected chi connectivity index (χ3v) is 2.70. The average molecular weight is 314 g/mol. The minimum atomic E-state index is -1.20. The molecule has 0 saturated carbocycles. The van der Waals surface area contributed by atoms with Gasteiger partial charge in [0.2, 0.25) is 0 Å². The van der Waals surface area contributed by atoms with E-state index in [1.165, 1.54) is 0 Å². The zero-order chi connectivity index (χ0) is 16.9. The van der Waals surface area contributed by atoms with Crippen LogP contribution in [0.3, 0.4) is 0 Å². The molecule has 1 rings (SSSR count). The Hall–Kier alpha value is -2.09. The second-order valence-electron chi connectivity index (χ2n) is 5.85. The maximum atomic E-state index is 11.6. The summed E-state index contributed by atoms with van der Waals surface area (Å²) in [6, 6.07) is -1.20. The lowest BCUT2D eigenvalue weighted by Crippen LogP contribution is -2.46. The number of carboxylic acids is 1. The second kappa shape index (κ2) is 7.26. The van der Waals surface area contributed by atoms with Gasteiger partial charge in [-0.05, 0) is 34.6 Å². The summed E-state index contributed by atoms with van der Waals surface area (Å²) in [7, 11) is 0. The van der Waals surface area contributed by atoms with Crippen LogP contribution in [0.15, 0.2) is 4.52 Å². The van der Waals surface area contributed by atoms with Crippen LogP contribution in [0.4, 0.5) is 4.79 Å². The number of aliphatic carboxylic acids is 1. The Labute approximate surface area is 128 Å². The molecule has 2 N–H and O–H groups in total. The number of amides is 1. The molecule has 8 heteroatoms. The minimum absolute atomic E-state index is 0.154. The number of aryl methyl sites for hydroxylation is 2. The molecule has 1 atom stereocenters. The van der Waals surface area contributed by atoms with E-state index in [0.29, 0.717) is 11.5 Å². The number of alkyl carbamates (subject to hydrolysis) is 1. The molecular weight excluding hydrogens is 292 g/mol. The molecule has 0 saturated heterocycles. The lowest BCUT2D eigenvalue weighted by atomic mass is 10.2. The fourth-order valence-corrected chi connectivity index (χ4v) is 1.61. The van der Waals surface area contributed by atoms with Crippen LogP contribution in [-0.4, -0.2) is 40.6 Å². The Morgan fingerprint density at radius 3 is 2.45 bits per heavy atom. The van der Waals surface area contributed by atoms with Crippen molar-refractivity contribution < 1.29 is 28.7 Å². The summed E-state index contributed by atoms with van der Waals surface area (Å²) in [5, 5.41) is 15.1. The van der Waals surface area contributed by atoms with E-state index in [-0.39, 0.29) is 13.2 Å². The zero-order valence-corrected chi connectivity index (χ0v) is 13.4. The van der Waals surface area contributed by atoms with E-state index >= 15 is 0 Å². The zero-order valence-electron chi connectivity index (χ0n) is 13.4. The summed E-state index contributed by atoms with van der Waals surface area (Å²) < 4.78 is 15.3. The predicted molar refractivity (Wildman–Crippen MR) is 76.4 cm³/mol. The molecule has 124 valence electrons. The summed E-state index contributed by atoms with van der Waals surface area (Å²) in [4.78, 5) is 22.7. The summed E-state index contributed by atoms with van der Waals surface area (Å²) in [6.07, 6.45) is -0.805. The van der Waals surface area contributed by atoms with E-state index in [2.05, 4.69) is 10.5 Å². The molecule has 0 aliphatic carbocycles. The van der Waals surface area contributed by atoms with Crippen LogP contribution in [0, 0.1) is 13.8 Å². The van der Waals surface area contributed by atoms with Crippen molar-refractivity contribution >= 4 is 12.1 Å². The molecule has 0 radical (unpaired) electrons. The van der Waals surface area contributed by atoms with Gasteiger partial charge >= 0.3 is 12.1 Å². The van der Waals surface area contributed by atoms with E-state index < -0.39 is 23.7 Å². The van der Waals surface area contributed by atoms with Gasteiger partial charge in [-0.1, -0.05) is 5.16 Å². The van der Waals surface area contributed by atoms with E-state index in [9.17, 15) is 9.59 Å². The van der Waals surface area contributed by atoms with Crippen molar-refractivity contribution in [2.75, 3.05) is 6.61 Å². The topological polar surface area (TPSA) is 111 Å². The molecule has 8 nitrogen and oxygen atoms in total. The van der Waals surface area contributed by atoms with Crippen LogP contribution >= 0.6 is 0 Å². The van der Waals surface area contributed by atoms with E-state index in [0.717, 1.165) is 5.56 Å². The first-order valence-corrected chi connectivity index (χ1v) is 6.82. The number of carbonyl (C=O) groups is 2. The van der Waals surface area contributed by atoms with Gasteiger partial charge in [0.05, 0.1) is 18.9 Å². The number of carboxylic acid groups (broad SMARTS) is 1. The largest absolute Gasteiger partial charge is 0.480 e. The van der Waals surface area contributed by atoms with Crippen molar-refractivity contribution in [3.8, 4) is 0 Å². The third kappa shape index (κ3) is 5.72. The fourth-order valence-electron chi connectivity index (χ4n) is 1.61. The molecule has 1 aromatic rings. The van der Waals surface area contributed by atoms with Crippen LogP contribution in [-0.2, 0) is 20.9 Å². The Morgan fingerprint density at radius 2 is 2.00 bits per heavy atom. The Bertz CT molecular complexity index is 512. The average Bonchev–Trinajstić information content (AvgIpc) is 2.66. The van der Waals surface area contributed by atoms with Crippen molar-refractivity contribution in [1.29, 1.82) is 0 Å². The summed E-state index contributed by atoms with van der Waals surface area (Å²) in [6.45, 7) is 8.54. The predicted octanol–water partition coefficient (Wildman–Crippen LogP) is 1.79. The van der Waals surface area contributed by atoms with Gasteiger partial charge in [0, 0.05) is 5.56 Å². The Kier molecular flexibility index (Phi) is 5.92. The SMILES string of the molecule is Cc1noc(C)c1COC[C@@H](NC(=O)OC(C)(C)C)C(=O)O. The first kappa shape index (κ1) is 18.0. The van der Waals surface area contributed by atoms with Crippen LogP contribution in [0.2, 0.25) is 0 Å². The van der Waals surface area contributed by atoms with Crippen molar-refractivity contribution in [2.24, 2.45) is 0 Å². The molecule has 1 heterocycles. The van der Waals surface area contributed by atoms with Gasteiger partial charge in [0.15, 0.2) is 6.04 Å². The van der Waals surface area contributed by atoms with Crippen LogP contribution in [0.5, 0.6) is 0 Å². The first-order valence-electron chi connectivity index (χ1n) is 6.82. The minimum Gasteiger partial charge on any atom is -0.480 e. The fraction of sp³-hybridized carbons (Fsp3) is 0.643. The summed E-state index contributed by atoms with van der Waals surface area (Å²) in [5.41, 5.74) is 0.746. The van der Waals surface area contributed by atoms with Gasteiger partial charge in [0.1, 0.15) is 11.4 Å². The first-order chi connectivity index (χ1) is 10.1. The quantitative estimate of drug-likeness (QED) is 0.823. The lowest BCUT2D eigenvalue weighted by molar-refractivity contribution is -0.141. The molecule has 0 spiro atoms. The molecule has 0 fully saturated rings. The van der Waals surface area contributed by atoms with Gasteiger partial charge in [-0.15, -0.1) is 0 Å². The van der Waals surface area contributed by atoms with Crippen molar-refractivity contribution in [2.45, 2.75) is 52.9 Å². The number of nitrogens with one attached hydrogen (secondary N) is 1. The summed E-state index contributed by atoms with van der Waals surface area (Å²) >= 11 is 0. The smallest absolute Gasteiger partial charge is 0.408 e. The highest BCUT2D eigenvalue weighted by atomic mass is 16.6. The van der Waals surface area contributed by atoms with Crippen molar-refractivity contribution in [1.82, 2.24) is 10.5 Å². The van der Waals surface area contributed by atoms with Gasteiger partial charge in [-0.25, -0.2) is 9.59 Å². The van der Waals surface area contributed by atoms with Gasteiger partial charge < -0.3 is 24.4 Å². The molecule has 0 aromatic carbocycles. The number of rotatable bonds is 6. The number of aromatic nitrogens is 1. The molecule has 0 aliphatic heterocycles. The Balaban J connectivity index is 2.52. The van der Waals surface area contributed by atoms with Crippen molar-refractivity contribution in [3.63, 3.8) is 0 Å². The number of nitrogens with zero attached hydrogens (tertiary/aromatic N) is 1. The molecule has 22 heavy (non-hydrogen) atoms. The van der Waals surface area contributed by atoms with Crippen LogP contribution < -0.4 is 5.32 Å². The molecule has 0 unspecified atom stereocenters. The lowest BCUT2D eigenvalue weighted by Gasteiger charge is -2.22. The highest BCUT2D eigenvalue weighted by molar-refractivity contribution is 5.80. The van der Waals surface area contributed by atoms with Gasteiger partial charge in [-0.2, -0.15) is 0 Å². The molecule has 1 aromatic heterocycles. The highest BCUT2D eigenvalue weighted by Crippen LogP contribution is 2.13. The maximum absolute atomic E-state index is 11.6. The highest BCUT2D eigenvalue weighted by Gasteiger charge is 2.24. The van der Waals surface area contributed by atoms with Gasteiger partial charge in [-0.3, -0.25) is 0 Å². The van der Waals surface area contributed by atoms with Crippen LogP contribution in [0.25, 0.3) is 0 Å². The molecule has 1 amide bonds. The van der Waals surface area contributed by atoms with Gasteiger partial charge in [0.25, 0.3) is 0 Å². The molecule has 0 bridgehead atoms. The summed E-state index contributed by atoms with van der Waals surface area (Å²) in [5.74, 6) is -0.589. The number of hydrogen-bond donors (Lipinski definition) is 2.